The molecule has 0 amide bonds. The van der Waals surface area contributed by atoms with Crippen molar-refractivity contribution < 1.29 is 28.7 Å². The third kappa shape index (κ3) is 18.2. The molecule has 0 saturated heterocycles. The van der Waals surface area contributed by atoms with Crippen molar-refractivity contribution in [2.45, 2.75) is 232 Å². The summed E-state index contributed by atoms with van der Waals surface area (Å²) in [5, 5.41) is 11.6. The van der Waals surface area contributed by atoms with Crippen LogP contribution in [0.3, 0.4) is 0 Å². The predicted molar refractivity (Wildman–Crippen MR) is 215 cm³/mol. The molecule has 0 atom stereocenters. The normalized spacial score (nSPS) is 24.9. The Balaban J connectivity index is 0.000000181. The van der Waals surface area contributed by atoms with Crippen LogP contribution in [0.1, 0.15) is 193 Å². The van der Waals surface area contributed by atoms with Crippen LogP contribution in [0.15, 0.2) is 0 Å². The number of alkyl halides is 2. The van der Waals surface area contributed by atoms with Gasteiger partial charge in [-0.15, -0.1) is 0 Å². The first-order valence-electron chi connectivity index (χ1n) is 20.6. The zero-order chi connectivity index (χ0) is 36.3. The van der Waals surface area contributed by atoms with Gasteiger partial charge in [-0.05, 0) is 109 Å². The number of hydrogen-bond donors (Lipinski definition) is 7. The molecule has 0 aromatic heterocycles. The van der Waals surface area contributed by atoms with Gasteiger partial charge in [0.05, 0.1) is 0 Å². The maximum Gasteiger partial charge on any atom is 0.365 e. The second-order valence-electron chi connectivity index (χ2n) is 16.1. The second kappa shape index (κ2) is 24.6. The van der Waals surface area contributed by atoms with Gasteiger partial charge in [0.15, 0.2) is 0 Å². The molecule has 0 aromatic rings. The lowest BCUT2D eigenvalue weighted by atomic mass is 9.91. The van der Waals surface area contributed by atoms with Gasteiger partial charge in [-0.25, -0.2) is 0 Å². The van der Waals surface area contributed by atoms with E-state index in [1.54, 1.807) is 0 Å². The topological polar surface area (TPSA) is 151 Å². The van der Waals surface area contributed by atoms with Crippen molar-refractivity contribution in [2.75, 3.05) is 0 Å². The zero-order valence-electron chi connectivity index (χ0n) is 30.9. The molecule has 0 radical (unpaired) electrons. The molecule has 50 heavy (non-hydrogen) atoms. The van der Waals surface area contributed by atoms with Crippen LogP contribution in [0.25, 0.3) is 0 Å². The van der Waals surface area contributed by atoms with Crippen molar-refractivity contribution >= 4 is 47.1 Å². The van der Waals surface area contributed by atoms with E-state index in [1.807, 2.05) is 0 Å². The van der Waals surface area contributed by atoms with Gasteiger partial charge in [0.1, 0.15) is 0 Å². The van der Waals surface area contributed by atoms with Crippen LogP contribution in [0.5, 0.6) is 0 Å². The summed E-state index contributed by atoms with van der Waals surface area (Å²) in [5.74, 6) is 0. The first-order chi connectivity index (χ1) is 23.8. The third-order valence-electron chi connectivity index (χ3n) is 11.7. The molecule has 6 fully saturated rings. The minimum Gasteiger partial charge on any atom is -0.322 e. The SMILES string of the molecule is C1CCC(NC2CCCCC2)CC1.C1CCC(NC2CCCCC2)CC1.C1CCC(NC2CCCCC2)CC1.O=P(O)(O)C(Br)(Br)P(=O)(O)O. The van der Waals surface area contributed by atoms with Gasteiger partial charge in [0, 0.05) is 36.3 Å². The highest BCUT2D eigenvalue weighted by atomic mass is 79.9. The Morgan fingerprint density at radius 3 is 0.580 bits per heavy atom. The Kier molecular flexibility index (Phi) is 22.4. The van der Waals surface area contributed by atoms with E-state index in [-0.39, 0.29) is 0 Å². The van der Waals surface area contributed by atoms with Gasteiger partial charge in [-0.2, -0.15) is 0 Å². The molecule has 7 N–H and O–H groups in total. The van der Waals surface area contributed by atoms with E-state index in [4.69, 9.17) is 19.6 Å². The molecule has 9 nitrogen and oxygen atoms in total. The highest BCUT2D eigenvalue weighted by Crippen LogP contribution is 2.75. The van der Waals surface area contributed by atoms with E-state index >= 15 is 0 Å². The molecule has 0 bridgehead atoms. The van der Waals surface area contributed by atoms with Crippen LogP contribution in [0, 0.1) is 0 Å². The van der Waals surface area contributed by atoms with Crippen molar-refractivity contribution in [3.8, 4) is 0 Å². The molecule has 0 aromatic carbocycles. The predicted octanol–water partition coefficient (Wildman–Crippen LogP) is 10.5. The van der Waals surface area contributed by atoms with Crippen molar-refractivity contribution in [1.29, 1.82) is 0 Å². The molecule has 0 spiro atoms. The highest BCUT2D eigenvalue weighted by molar-refractivity contribution is 9.29. The fourth-order valence-corrected chi connectivity index (χ4v) is 10.1. The Morgan fingerprint density at radius 2 is 0.480 bits per heavy atom. The van der Waals surface area contributed by atoms with E-state index in [0.717, 1.165) is 36.3 Å². The lowest BCUT2D eigenvalue weighted by Crippen LogP contribution is -2.40. The Labute approximate surface area is 321 Å². The van der Waals surface area contributed by atoms with Gasteiger partial charge in [-0.3, -0.25) is 9.13 Å². The van der Waals surface area contributed by atoms with Crippen LogP contribution in [-0.2, 0) is 9.13 Å². The smallest absolute Gasteiger partial charge is 0.322 e. The van der Waals surface area contributed by atoms with E-state index in [0.29, 0.717) is 0 Å². The highest BCUT2D eigenvalue weighted by Gasteiger charge is 2.56. The molecular formula is C37H73Br2N3O6P2. The maximum absolute atomic E-state index is 10.4. The fourth-order valence-electron chi connectivity index (χ4n) is 8.79. The minimum atomic E-state index is -4.92. The van der Waals surface area contributed by atoms with Gasteiger partial charge >= 0.3 is 15.2 Å². The van der Waals surface area contributed by atoms with Crippen molar-refractivity contribution in [1.82, 2.24) is 16.0 Å². The molecule has 0 unspecified atom stereocenters. The maximum atomic E-state index is 10.4. The van der Waals surface area contributed by atoms with Crippen molar-refractivity contribution in [2.24, 2.45) is 0 Å². The van der Waals surface area contributed by atoms with Crippen LogP contribution >= 0.6 is 47.1 Å². The van der Waals surface area contributed by atoms with Gasteiger partial charge < -0.3 is 35.5 Å². The average molecular weight is 878 g/mol. The lowest BCUT2D eigenvalue weighted by molar-refractivity contribution is 0.291. The molecule has 6 aliphatic rings. The number of rotatable bonds is 8. The summed E-state index contributed by atoms with van der Waals surface area (Å²) >= 11 is 4.43. The molecule has 6 saturated carbocycles. The summed E-state index contributed by atoms with van der Waals surface area (Å²) in [6.45, 7) is 0. The van der Waals surface area contributed by atoms with E-state index < -0.39 is 17.9 Å². The summed E-state index contributed by atoms with van der Waals surface area (Å²) in [4.78, 5) is 33.6. The van der Waals surface area contributed by atoms with Crippen LogP contribution in [0.4, 0.5) is 0 Å². The Morgan fingerprint density at radius 1 is 0.340 bits per heavy atom. The van der Waals surface area contributed by atoms with Crippen LogP contribution in [0.2, 0.25) is 0 Å². The first kappa shape index (κ1) is 45.5. The molecule has 6 rings (SSSR count). The van der Waals surface area contributed by atoms with Crippen molar-refractivity contribution in [3.05, 3.63) is 0 Å². The largest absolute Gasteiger partial charge is 0.365 e. The number of halogens is 2. The molecule has 13 heteroatoms. The monoisotopic (exact) mass is 875 g/mol. The lowest BCUT2D eigenvalue weighted by Gasteiger charge is -2.30. The molecular weight excluding hydrogens is 804 g/mol. The van der Waals surface area contributed by atoms with Crippen LogP contribution in [-0.4, -0.2) is 58.5 Å². The van der Waals surface area contributed by atoms with Gasteiger partial charge in [-0.1, -0.05) is 116 Å². The summed E-state index contributed by atoms with van der Waals surface area (Å²) in [7, 11) is -9.84. The van der Waals surface area contributed by atoms with E-state index in [1.165, 1.54) is 193 Å². The summed E-state index contributed by atoms with van der Waals surface area (Å²) in [6, 6.07) is 5.23. The van der Waals surface area contributed by atoms with Crippen molar-refractivity contribution in [3.63, 3.8) is 0 Å². The summed E-state index contributed by atoms with van der Waals surface area (Å²) in [6.07, 6.45) is 43.7. The zero-order valence-corrected chi connectivity index (χ0v) is 35.9. The van der Waals surface area contributed by atoms with E-state index in [2.05, 4.69) is 47.8 Å². The number of nitrogens with one attached hydrogen (secondary N) is 3. The second-order valence-corrected chi connectivity index (χ2v) is 25.9. The fraction of sp³-hybridized carbons (Fsp3) is 1.00. The quantitative estimate of drug-likeness (QED) is 0.0934. The Bertz CT molecular complexity index is 813. The number of hydrogen-bond acceptors (Lipinski definition) is 5. The summed E-state index contributed by atoms with van der Waals surface area (Å²) < 4.78 is 18.1. The standard InChI is InChI=1S/3C12H23N.CH4Br2O6P2/c3*1-3-7-11(8-4-1)13-12-9-5-2-6-10-12;2-1(3,10(4,5)6)11(7,8)9/h3*11-13H,1-10H2;(H2,4,5,6)(H2,7,8,9). The van der Waals surface area contributed by atoms with Gasteiger partial charge in [0.2, 0.25) is 0 Å². The van der Waals surface area contributed by atoms with E-state index in [9.17, 15) is 9.13 Å². The molecule has 0 heterocycles. The molecule has 0 aliphatic heterocycles. The average Bonchev–Trinajstić information content (AvgIpc) is 3.11. The first-order valence-corrected chi connectivity index (χ1v) is 25.4. The third-order valence-corrected chi connectivity index (χ3v) is 20.3. The van der Waals surface area contributed by atoms with Crippen LogP contribution < -0.4 is 16.0 Å². The Hall–Kier alpha value is 1.14. The minimum absolute atomic E-state index is 0.872. The molecule has 296 valence electrons. The van der Waals surface area contributed by atoms with Gasteiger partial charge in [0.25, 0.3) is 2.72 Å². The summed E-state index contributed by atoms with van der Waals surface area (Å²) in [5.41, 5.74) is 0. The molecule has 6 aliphatic carbocycles.